The third-order valence-electron chi connectivity index (χ3n) is 5.08. The van der Waals surface area contributed by atoms with Gasteiger partial charge in [0, 0.05) is 37.8 Å². The van der Waals surface area contributed by atoms with Crippen molar-refractivity contribution in [1.82, 2.24) is 9.80 Å². The van der Waals surface area contributed by atoms with Crippen molar-refractivity contribution in [3.8, 4) is 11.5 Å². The van der Waals surface area contributed by atoms with Crippen LogP contribution in [-0.4, -0.2) is 55.1 Å². The molecule has 0 aromatic heterocycles. The SMILES string of the molecule is COc1ccc2c(c1)O[C@H](C)CN(CC(=O)N1CCCCCCC1)C2. The van der Waals surface area contributed by atoms with Crippen LogP contribution in [0.25, 0.3) is 0 Å². The standard InChI is InChI=1S/C20H30N2O3/c1-16-13-21(14-17-8-9-18(24-2)12-19(17)25-16)15-20(23)22-10-6-4-3-5-7-11-22/h8-9,12,16H,3-7,10-11,13-15H2,1-2H3/t16-/m1/s1. The molecule has 1 fully saturated rings. The molecule has 138 valence electrons. The van der Waals surface area contributed by atoms with E-state index in [1.54, 1.807) is 7.11 Å². The lowest BCUT2D eigenvalue weighted by molar-refractivity contribution is -0.133. The fourth-order valence-electron chi connectivity index (χ4n) is 3.73. The van der Waals surface area contributed by atoms with Crippen LogP contribution < -0.4 is 9.47 Å². The summed E-state index contributed by atoms with van der Waals surface area (Å²) in [6.45, 7) is 5.85. The number of ether oxygens (including phenoxy) is 2. The van der Waals surface area contributed by atoms with Crippen molar-refractivity contribution < 1.29 is 14.3 Å². The van der Waals surface area contributed by atoms with Crippen molar-refractivity contribution in [2.75, 3.05) is 33.3 Å². The Morgan fingerprint density at radius 3 is 2.64 bits per heavy atom. The average Bonchev–Trinajstić information content (AvgIpc) is 2.70. The van der Waals surface area contributed by atoms with Crippen LogP contribution in [0.3, 0.4) is 0 Å². The fraction of sp³-hybridized carbons (Fsp3) is 0.650. The lowest BCUT2D eigenvalue weighted by Crippen LogP contribution is -2.43. The maximum Gasteiger partial charge on any atom is 0.236 e. The molecule has 0 radical (unpaired) electrons. The Kier molecular flexibility index (Phi) is 6.19. The van der Waals surface area contributed by atoms with Crippen LogP contribution in [0.1, 0.15) is 44.6 Å². The fourth-order valence-corrected chi connectivity index (χ4v) is 3.73. The predicted octanol–water partition coefficient (Wildman–Crippen LogP) is 3.07. The molecule has 0 aliphatic carbocycles. The van der Waals surface area contributed by atoms with E-state index in [4.69, 9.17) is 9.47 Å². The molecule has 0 saturated carbocycles. The molecule has 1 amide bonds. The van der Waals surface area contributed by atoms with E-state index < -0.39 is 0 Å². The summed E-state index contributed by atoms with van der Waals surface area (Å²) >= 11 is 0. The van der Waals surface area contributed by atoms with Crippen LogP contribution in [0, 0.1) is 0 Å². The van der Waals surface area contributed by atoms with Gasteiger partial charge in [-0.3, -0.25) is 9.69 Å². The number of carbonyl (C=O) groups is 1. The Labute approximate surface area is 150 Å². The molecule has 1 aromatic carbocycles. The number of amides is 1. The maximum atomic E-state index is 12.8. The second kappa shape index (κ2) is 8.56. The molecule has 2 aliphatic rings. The van der Waals surface area contributed by atoms with Gasteiger partial charge in [-0.05, 0) is 25.8 Å². The highest BCUT2D eigenvalue weighted by Crippen LogP contribution is 2.29. The Bertz CT molecular complexity index is 582. The van der Waals surface area contributed by atoms with E-state index in [1.165, 1.54) is 19.3 Å². The number of benzene rings is 1. The summed E-state index contributed by atoms with van der Waals surface area (Å²) < 4.78 is 11.3. The number of hydrogen-bond acceptors (Lipinski definition) is 4. The van der Waals surface area contributed by atoms with Crippen molar-refractivity contribution in [3.05, 3.63) is 23.8 Å². The number of hydrogen-bond donors (Lipinski definition) is 0. The van der Waals surface area contributed by atoms with Gasteiger partial charge in [0.2, 0.25) is 5.91 Å². The minimum atomic E-state index is 0.0495. The van der Waals surface area contributed by atoms with Gasteiger partial charge < -0.3 is 14.4 Å². The monoisotopic (exact) mass is 346 g/mol. The number of fused-ring (bicyclic) bond motifs is 1. The Balaban J connectivity index is 1.66. The smallest absolute Gasteiger partial charge is 0.236 e. The van der Waals surface area contributed by atoms with E-state index in [1.807, 2.05) is 18.2 Å². The molecule has 1 atom stereocenters. The second-order valence-electron chi connectivity index (χ2n) is 7.22. The van der Waals surface area contributed by atoms with Crippen LogP contribution in [-0.2, 0) is 11.3 Å². The minimum Gasteiger partial charge on any atom is -0.497 e. The van der Waals surface area contributed by atoms with Crippen molar-refractivity contribution in [3.63, 3.8) is 0 Å². The van der Waals surface area contributed by atoms with E-state index in [-0.39, 0.29) is 12.0 Å². The number of rotatable bonds is 3. The summed E-state index contributed by atoms with van der Waals surface area (Å²) in [5.41, 5.74) is 1.12. The molecule has 2 heterocycles. The van der Waals surface area contributed by atoms with Crippen LogP contribution in [0.5, 0.6) is 11.5 Å². The van der Waals surface area contributed by atoms with Gasteiger partial charge in [0.25, 0.3) is 0 Å². The zero-order chi connectivity index (χ0) is 17.6. The topological polar surface area (TPSA) is 42.0 Å². The van der Waals surface area contributed by atoms with Crippen molar-refractivity contribution in [1.29, 1.82) is 0 Å². The largest absolute Gasteiger partial charge is 0.497 e. The molecule has 0 N–H and O–H groups in total. The number of carbonyl (C=O) groups excluding carboxylic acids is 1. The van der Waals surface area contributed by atoms with E-state index in [0.717, 1.165) is 56.1 Å². The molecule has 3 rings (SSSR count). The summed E-state index contributed by atoms with van der Waals surface area (Å²) in [4.78, 5) is 17.1. The highest BCUT2D eigenvalue weighted by Gasteiger charge is 2.24. The zero-order valence-corrected chi connectivity index (χ0v) is 15.5. The summed E-state index contributed by atoms with van der Waals surface area (Å²) in [6, 6.07) is 5.94. The second-order valence-corrected chi connectivity index (χ2v) is 7.22. The molecule has 2 aliphatic heterocycles. The molecule has 1 aromatic rings. The Hall–Kier alpha value is -1.75. The van der Waals surface area contributed by atoms with Crippen LogP contribution in [0.15, 0.2) is 18.2 Å². The van der Waals surface area contributed by atoms with Crippen molar-refractivity contribution >= 4 is 5.91 Å². The summed E-state index contributed by atoms with van der Waals surface area (Å²) in [5, 5.41) is 0. The van der Waals surface area contributed by atoms with Crippen LogP contribution >= 0.6 is 0 Å². The van der Waals surface area contributed by atoms with Crippen molar-refractivity contribution in [2.24, 2.45) is 0 Å². The quantitative estimate of drug-likeness (QED) is 0.843. The predicted molar refractivity (Wildman–Crippen MR) is 98.0 cm³/mol. The van der Waals surface area contributed by atoms with E-state index in [0.29, 0.717) is 6.54 Å². The van der Waals surface area contributed by atoms with Gasteiger partial charge in [0.05, 0.1) is 13.7 Å². The normalized spacial score (nSPS) is 22.2. The molecular weight excluding hydrogens is 316 g/mol. The highest BCUT2D eigenvalue weighted by molar-refractivity contribution is 5.78. The highest BCUT2D eigenvalue weighted by atomic mass is 16.5. The Morgan fingerprint density at radius 1 is 1.20 bits per heavy atom. The van der Waals surface area contributed by atoms with Gasteiger partial charge in [-0.1, -0.05) is 25.3 Å². The summed E-state index contributed by atoms with van der Waals surface area (Å²) in [7, 11) is 1.66. The first-order chi connectivity index (χ1) is 12.2. The third kappa shape index (κ3) is 4.88. The summed E-state index contributed by atoms with van der Waals surface area (Å²) in [5.74, 6) is 1.93. The van der Waals surface area contributed by atoms with E-state index >= 15 is 0 Å². The lowest BCUT2D eigenvalue weighted by Gasteiger charge is -2.28. The number of nitrogens with zero attached hydrogens (tertiary/aromatic N) is 2. The molecule has 5 heteroatoms. The van der Waals surface area contributed by atoms with Gasteiger partial charge in [0.1, 0.15) is 17.6 Å². The van der Waals surface area contributed by atoms with Gasteiger partial charge in [0.15, 0.2) is 0 Å². The van der Waals surface area contributed by atoms with Gasteiger partial charge in [-0.2, -0.15) is 0 Å². The molecule has 0 unspecified atom stereocenters. The first-order valence-corrected chi connectivity index (χ1v) is 9.49. The maximum absolute atomic E-state index is 12.8. The lowest BCUT2D eigenvalue weighted by atomic mass is 10.1. The molecule has 1 saturated heterocycles. The molecule has 5 nitrogen and oxygen atoms in total. The first-order valence-electron chi connectivity index (χ1n) is 9.49. The van der Waals surface area contributed by atoms with Gasteiger partial charge in [-0.15, -0.1) is 0 Å². The molecule has 0 spiro atoms. The third-order valence-corrected chi connectivity index (χ3v) is 5.08. The molecule has 0 bridgehead atoms. The first kappa shape index (κ1) is 18.1. The van der Waals surface area contributed by atoms with Crippen molar-refractivity contribution in [2.45, 2.75) is 51.7 Å². The molecular formula is C20H30N2O3. The zero-order valence-electron chi connectivity index (χ0n) is 15.5. The molecule has 25 heavy (non-hydrogen) atoms. The number of methoxy groups -OCH3 is 1. The van der Waals surface area contributed by atoms with Gasteiger partial charge >= 0.3 is 0 Å². The minimum absolute atomic E-state index is 0.0495. The van der Waals surface area contributed by atoms with E-state index in [2.05, 4.69) is 16.7 Å². The van der Waals surface area contributed by atoms with Gasteiger partial charge in [-0.25, -0.2) is 0 Å². The summed E-state index contributed by atoms with van der Waals surface area (Å²) in [6.07, 6.45) is 6.11. The van der Waals surface area contributed by atoms with Crippen LogP contribution in [0.2, 0.25) is 0 Å². The average molecular weight is 346 g/mol. The number of likely N-dealkylation sites (tertiary alicyclic amines) is 1. The van der Waals surface area contributed by atoms with Crippen LogP contribution in [0.4, 0.5) is 0 Å². The van der Waals surface area contributed by atoms with E-state index in [9.17, 15) is 4.79 Å². The Morgan fingerprint density at radius 2 is 1.92 bits per heavy atom.